The average Bonchev–Trinajstić information content (AvgIpc) is 3.41. The maximum atomic E-state index is 12.7. The molecule has 2 N–H and O–H groups in total. The van der Waals surface area contributed by atoms with Gasteiger partial charge in [-0.25, -0.2) is 0 Å². The molecule has 1 atom stereocenters. The number of fused-ring (bicyclic) bond motifs is 1. The molecule has 30 heavy (non-hydrogen) atoms. The first kappa shape index (κ1) is 20.6. The Hall–Kier alpha value is -2.71. The van der Waals surface area contributed by atoms with Gasteiger partial charge in [0.15, 0.2) is 11.6 Å². The van der Waals surface area contributed by atoms with Crippen LogP contribution in [0.4, 0.5) is 5.95 Å². The lowest BCUT2D eigenvalue weighted by molar-refractivity contribution is 0.0955. The van der Waals surface area contributed by atoms with E-state index in [0.29, 0.717) is 18.2 Å². The lowest BCUT2D eigenvalue weighted by atomic mass is 9.95. The Morgan fingerprint density at radius 1 is 1.23 bits per heavy atom. The Bertz CT molecular complexity index is 973. The quantitative estimate of drug-likeness (QED) is 0.527. The molecule has 4 rings (SSSR count). The highest BCUT2D eigenvalue weighted by atomic mass is 16.5. The maximum absolute atomic E-state index is 12.7. The van der Waals surface area contributed by atoms with Gasteiger partial charge in [0.25, 0.3) is 0 Å². The minimum Gasteiger partial charge on any atom is -0.383 e. The van der Waals surface area contributed by atoms with Gasteiger partial charge in [-0.15, -0.1) is 5.10 Å². The SMILES string of the molecule is COCCN1CCN(c2n[nH]c(C(=O)CC(C)Cc3c[nH]c4ccccc34)n2)CC1. The number of hydrogen-bond donors (Lipinski definition) is 2. The van der Waals surface area contributed by atoms with Crippen molar-refractivity contribution in [2.45, 2.75) is 19.8 Å². The molecule has 3 aromatic rings. The number of H-pyrrole nitrogens is 2. The Balaban J connectivity index is 1.31. The number of para-hydroxylation sites is 1. The van der Waals surface area contributed by atoms with Crippen molar-refractivity contribution >= 4 is 22.6 Å². The lowest BCUT2D eigenvalue weighted by Crippen LogP contribution is -2.47. The van der Waals surface area contributed by atoms with Crippen LogP contribution in [0, 0.1) is 5.92 Å². The van der Waals surface area contributed by atoms with Crippen LogP contribution in [0.3, 0.4) is 0 Å². The molecule has 1 saturated heterocycles. The summed E-state index contributed by atoms with van der Waals surface area (Å²) in [5, 5.41) is 8.37. The largest absolute Gasteiger partial charge is 0.383 e. The van der Waals surface area contributed by atoms with E-state index in [4.69, 9.17) is 4.74 Å². The molecule has 2 aromatic heterocycles. The van der Waals surface area contributed by atoms with Crippen molar-refractivity contribution < 1.29 is 9.53 Å². The number of carbonyl (C=O) groups excluding carboxylic acids is 1. The summed E-state index contributed by atoms with van der Waals surface area (Å²) in [5.41, 5.74) is 2.38. The number of Topliss-reactive ketones (excluding diaryl/α,β-unsaturated/α-hetero) is 1. The number of carbonyl (C=O) groups is 1. The lowest BCUT2D eigenvalue weighted by Gasteiger charge is -2.33. The molecule has 1 unspecified atom stereocenters. The molecule has 0 bridgehead atoms. The van der Waals surface area contributed by atoms with E-state index in [1.54, 1.807) is 7.11 Å². The molecule has 0 saturated carbocycles. The average molecular weight is 411 g/mol. The summed E-state index contributed by atoms with van der Waals surface area (Å²) < 4.78 is 5.15. The molecule has 0 radical (unpaired) electrons. The fourth-order valence-electron chi connectivity index (χ4n) is 4.07. The standard InChI is InChI=1S/C22H30N6O2/c1-16(13-17-15-23-19-6-4-3-5-18(17)19)14-20(29)21-24-22(26-25-21)28-9-7-27(8-10-28)11-12-30-2/h3-6,15-16,23H,7-14H2,1-2H3,(H,24,25,26). The van der Waals surface area contributed by atoms with Crippen LogP contribution in [0.15, 0.2) is 30.5 Å². The molecule has 3 heterocycles. The third-order valence-electron chi connectivity index (χ3n) is 5.78. The molecule has 0 spiro atoms. The van der Waals surface area contributed by atoms with Crippen LogP contribution in [0.25, 0.3) is 10.9 Å². The number of methoxy groups -OCH3 is 1. The Labute approximate surface area is 176 Å². The number of anilines is 1. The van der Waals surface area contributed by atoms with E-state index in [1.165, 1.54) is 10.9 Å². The first-order valence-corrected chi connectivity index (χ1v) is 10.6. The molecule has 1 aromatic carbocycles. The molecular formula is C22H30N6O2. The van der Waals surface area contributed by atoms with Crippen molar-refractivity contribution in [1.29, 1.82) is 0 Å². The topological polar surface area (TPSA) is 90.1 Å². The monoisotopic (exact) mass is 410 g/mol. The van der Waals surface area contributed by atoms with Crippen LogP contribution in [0.5, 0.6) is 0 Å². The van der Waals surface area contributed by atoms with Crippen LogP contribution in [-0.2, 0) is 11.2 Å². The van der Waals surface area contributed by atoms with Gasteiger partial charge in [0, 0.05) is 63.4 Å². The van der Waals surface area contributed by atoms with Crippen LogP contribution < -0.4 is 4.90 Å². The minimum absolute atomic E-state index is 0.0137. The Morgan fingerprint density at radius 3 is 2.83 bits per heavy atom. The van der Waals surface area contributed by atoms with Gasteiger partial charge in [0.1, 0.15) is 0 Å². The van der Waals surface area contributed by atoms with Gasteiger partial charge in [0.05, 0.1) is 6.61 Å². The summed E-state index contributed by atoms with van der Waals surface area (Å²) in [6, 6.07) is 8.26. The summed E-state index contributed by atoms with van der Waals surface area (Å²) >= 11 is 0. The van der Waals surface area contributed by atoms with Gasteiger partial charge < -0.3 is 14.6 Å². The van der Waals surface area contributed by atoms with Crippen molar-refractivity contribution in [2.24, 2.45) is 5.92 Å². The smallest absolute Gasteiger partial charge is 0.245 e. The van der Waals surface area contributed by atoms with Gasteiger partial charge in [-0.1, -0.05) is 25.1 Å². The normalized spacial score (nSPS) is 16.3. The zero-order valence-corrected chi connectivity index (χ0v) is 17.7. The molecule has 1 aliphatic rings. The predicted molar refractivity (Wildman–Crippen MR) is 117 cm³/mol. The van der Waals surface area contributed by atoms with Gasteiger partial charge in [0.2, 0.25) is 5.95 Å². The van der Waals surface area contributed by atoms with Crippen LogP contribution in [0.1, 0.15) is 29.5 Å². The molecule has 8 heteroatoms. The fraction of sp³-hybridized carbons (Fsp3) is 0.500. The number of aromatic amines is 2. The number of aromatic nitrogens is 4. The number of ether oxygens (including phenoxy) is 1. The molecule has 160 valence electrons. The number of nitrogens with zero attached hydrogens (tertiary/aromatic N) is 4. The van der Waals surface area contributed by atoms with E-state index in [1.807, 2.05) is 18.3 Å². The highest BCUT2D eigenvalue weighted by Gasteiger charge is 2.22. The molecule has 0 aliphatic carbocycles. The summed E-state index contributed by atoms with van der Waals surface area (Å²) in [5.74, 6) is 1.21. The summed E-state index contributed by atoms with van der Waals surface area (Å²) in [4.78, 5) is 25.0. The Morgan fingerprint density at radius 2 is 2.03 bits per heavy atom. The van der Waals surface area contributed by atoms with Gasteiger partial charge >= 0.3 is 0 Å². The molecule has 1 aliphatic heterocycles. The minimum atomic E-state index is 0.0137. The molecule has 8 nitrogen and oxygen atoms in total. The highest BCUT2D eigenvalue weighted by molar-refractivity contribution is 5.93. The number of ketones is 1. The van der Waals surface area contributed by atoms with E-state index in [9.17, 15) is 4.79 Å². The van der Waals surface area contributed by atoms with E-state index in [0.717, 1.165) is 51.3 Å². The maximum Gasteiger partial charge on any atom is 0.245 e. The molecule has 0 amide bonds. The number of nitrogens with one attached hydrogen (secondary N) is 2. The van der Waals surface area contributed by atoms with Crippen molar-refractivity contribution in [3.05, 3.63) is 41.9 Å². The highest BCUT2D eigenvalue weighted by Crippen LogP contribution is 2.22. The van der Waals surface area contributed by atoms with E-state index in [2.05, 4.69) is 49.0 Å². The fourth-order valence-corrected chi connectivity index (χ4v) is 4.07. The van der Waals surface area contributed by atoms with Gasteiger partial charge in [-0.05, 0) is 24.0 Å². The zero-order chi connectivity index (χ0) is 20.9. The van der Waals surface area contributed by atoms with Crippen molar-refractivity contribution in [3.8, 4) is 0 Å². The first-order valence-electron chi connectivity index (χ1n) is 10.6. The number of hydrogen-bond acceptors (Lipinski definition) is 6. The number of rotatable bonds is 9. The number of benzene rings is 1. The first-order chi connectivity index (χ1) is 14.6. The Kier molecular flexibility index (Phi) is 6.44. The zero-order valence-electron chi connectivity index (χ0n) is 17.7. The van der Waals surface area contributed by atoms with E-state index < -0.39 is 0 Å². The third kappa shape index (κ3) is 4.71. The second-order valence-electron chi connectivity index (χ2n) is 8.10. The van der Waals surface area contributed by atoms with E-state index >= 15 is 0 Å². The van der Waals surface area contributed by atoms with Crippen LogP contribution in [-0.4, -0.2) is 77.3 Å². The van der Waals surface area contributed by atoms with Crippen LogP contribution >= 0.6 is 0 Å². The summed E-state index contributed by atoms with van der Waals surface area (Å²) in [6.45, 7) is 7.40. The second kappa shape index (κ2) is 9.40. The summed E-state index contributed by atoms with van der Waals surface area (Å²) in [6.07, 6.45) is 3.34. The number of piperazine rings is 1. The van der Waals surface area contributed by atoms with Gasteiger partial charge in [-0.3, -0.25) is 14.8 Å². The van der Waals surface area contributed by atoms with E-state index in [-0.39, 0.29) is 11.7 Å². The van der Waals surface area contributed by atoms with Crippen molar-refractivity contribution in [2.75, 3.05) is 51.3 Å². The molecular weight excluding hydrogens is 380 g/mol. The third-order valence-corrected chi connectivity index (χ3v) is 5.78. The van der Waals surface area contributed by atoms with Gasteiger partial charge in [-0.2, -0.15) is 4.98 Å². The molecule has 1 fully saturated rings. The van der Waals surface area contributed by atoms with Crippen LogP contribution in [0.2, 0.25) is 0 Å². The van der Waals surface area contributed by atoms with Crippen molar-refractivity contribution in [3.63, 3.8) is 0 Å². The summed E-state index contributed by atoms with van der Waals surface area (Å²) in [7, 11) is 1.73. The van der Waals surface area contributed by atoms with Crippen molar-refractivity contribution in [1.82, 2.24) is 25.1 Å². The predicted octanol–water partition coefficient (Wildman–Crippen LogP) is 2.51. The second-order valence-corrected chi connectivity index (χ2v) is 8.10.